The number of carboxylic acids is 1. The van der Waals surface area contributed by atoms with E-state index in [1.807, 2.05) is 65.0 Å². The summed E-state index contributed by atoms with van der Waals surface area (Å²) in [7, 11) is 4.81. The number of likely N-dealkylation sites (tertiary alicyclic amines) is 1. The van der Waals surface area contributed by atoms with Gasteiger partial charge in [0.2, 0.25) is 23.6 Å². The molecule has 54 heavy (non-hydrogen) atoms. The van der Waals surface area contributed by atoms with E-state index >= 15 is 0 Å². The van der Waals surface area contributed by atoms with Crippen LogP contribution in [0.4, 0.5) is 0 Å². The van der Waals surface area contributed by atoms with Crippen molar-refractivity contribution in [2.24, 2.45) is 17.3 Å². The van der Waals surface area contributed by atoms with Gasteiger partial charge in [-0.1, -0.05) is 71.4 Å². The van der Waals surface area contributed by atoms with E-state index in [0.717, 1.165) is 24.8 Å². The fourth-order valence-electron chi connectivity index (χ4n) is 7.89. The molecule has 0 aromatic heterocycles. The van der Waals surface area contributed by atoms with E-state index in [4.69, 9.17) is 9.47 Å². The zero-order valence-electron chi connectivity index (χ0n) is 34.3. The van der Waals surface area contributed by atoms with Gasteiger partial charge >= 0.3 is 5.97 Å². The molecule has 1 aromatic rings. The first-order chi connectivity index (χ1) is 25.5. The molecule has 0 spiro atoms. The minimum absolute atomic E-state index is 0.0000938. The average Bonchev–Trinajstić information content (AvgIpc) is 3.80. The van der Waals surface area contributed by atoms with Gasteiger partial charge < -0.3 is 40.3 Å². The molecule has 4 amide bonds. The molecule has 1 aliphatic heterocycles. The molecule has 13 heteroatoms. The minimum Gasteiger partial charge on any atom is -0.480 e. The minimum atomic E-state index is -1.12. The Kier molecular flexibility index (Phi) is 16.5. The number of carbonyl (C=O) groups is 5. The molecule has 4 N–H and O–H groups in total. The third-order valence-corrected chi connectivity index (χ3v) is 11.6. The van der Waals surface area contributed by atoms with Gasteiger partial charge in [0.15, 0.2) is 0 Å². The Bertz CT molecular complexity index is 1420. The Labute approximate surface area is 322 Å². The van der Waals surface area contributed by atoms with Crippen molar-refractivity contribution >= 4 is 29.6 Å². The molecule has 2 aliphatic rings. The second-order valence-corrected chi connectivity index (χ2v) is 16.2. The molecule has 1 heterocycles. The molecule has 1 aliphatic carbocycles. The van der Waals surface area contributed by atoms with E-state index in [1.54, 1.807) is 44.9 Å². The quantitative estimate of drug-likeness (QED) is 0.138. The summed E-state index contributed by atoms with van der Waals surface area (Å²) < 4.78 is 12.1. The van der Waals surface area contributed by atoms with Crippen molar-refractivity contribution in [1.29, 1.82) is 0 Å². The highest BCUT2D eigenvalue weighted by Gasteiger charge is 2.60. The summed E-state index contributed by atoms with van der Waals surface area (Å²) in [4.78, 5) is 71.3. The van der Waals surface area contributed by atoms with Gasteiger partial charge in [-0.05, 0) is 69.9 Å². The van der Waals surface area contributed by atoms with Gasteiger partial charge in [-0.2, -0.15) is 0 Å². The van der Waals surface area contributed by atoms with Crippen molar-refractivity contribution in [3.8, 4) is 0 Å². The van der Waals surface area contributed by atoms with E-state index < -0.39 is 53.3 Å². The van der Waals surface area contributed by atoms with Crippen LogP contribution in [0, 0.1) is 17.3 Å². The summed E-state index contributed by atoms with van der Waals surface area (Å²) >= 11 is 0. The van der Waals surface area contributed by atoms with Gasteiger partial charge in [-0.3, -0.25) is 19.2 Å². The number of carbonyl (C=O) groups excluding carboxylic acids is 4. The number of rotatable bonds is 22. The maximum Gasteiger partial charge on any atom is 0.326 e. The van der Waals surface area contributed by atoms with Crippen LogP contribution < -0.4 is 16.0 Å². The highest BCUT2D eigenvalue weighted by Crippen LogP contribution is 2.53. The maximum absolute atomic E-state index is 14.3. The van der Waals surface area contributed by atoms with Crippen molar-refractivity contribution in [2.75, 3.05) is 34.4 Å². The lowest BCUT2D eigenvalue weighted by Crippen LogP contribution is -2.61. The number of likely N-dealkylation sites (N-methyl/N-ethyl adjacent to an activating group) is 1. The number of nitrogens with one attached hydrogen (secondary N) is 3. The van der Waals surface area contributed by atoms with Gasteiger partial charge in [0.25, 0.3) is 0 Å². The highest BCUT2D eigenvalue weighted by molar-refractivity contribution is 5.92. The van der Waals surface area contributed by atoms with Crippen molar-refractivity contribution in [2.45, 2.75) is 142 Å². The molecule has 0 unspecified atom stereocenters. The third kappa shape index (κ3) is 10.8. The lowest BCUT2D eigenvalue weighted by molar-refractivity contribution is -0.149. The van der Waals surface area contributed by atoms with Crippen LogP contribution in [-0.2, 0) is 39.9 Å². The Balaban J connectivity index is 1.79. The zero-order valence-corrected chi connectivity index (χ0v) is 34.3. The lowest BCUT2D eigenvalue weighted by atomic mass is 9.88. The lowest BCUT2D eigenvalue weighted by Gasteiger charge is -2.41. The van der Waals surface area contributed by atoms with E-state index in [1.165, 1.54) is 0 Å². The molecule has 2 fully saturated rings. The molecule has 1 aromatic carbocycles. The van der Waals surface area contributed by atoms with Gasteiger partial charge in [0.05, 0.1) is 41.7 Å². The van der Waals surface area contributed by atoms with Crippen LogP contribution in [0.15, 0.2) is 30.3 Å². The normalized spacial score (nSPS) is 20.0. The van der Waals surface area contributed by atoms with Gasteiger partial charge in [-0.25, -0.2) is 4.79 Å². The number of aliphatic carboxylic acids is 1. The molecule has 3 rings (SSSR count). The number of amides is 4. The van der Waals surface area contributed by atoms with E-state index in [2.05, 4.69) is 16.0 Å². The van der Waals surface area contributed by atoms with Crippen LogP contribution in [0.3, 0.4) is 0 Å². The number of hydrogen-bond donors (Lipinski definition) is 4. The topological polar surface area (TPSA) is 167 Å². The Morgan fingerprint density at radius 2 is 1.67 bits per heavy atom. The van der Waals surface area contributed by atoms with Gasteiger partial charge in [-0.15, -0.1) is 0 Å². The molecule has 0 bridgehead atoms. The average molecular weight is 758 g/mol. The van der Waals surface area contributed by atoms with Crippen molar-refractivity contribution in [3.05, 3.63) is 35.9 Å². The second kappa shape index (κ2) is 19.9. The molecule has 7 atom stereocenters. The molecule has 0 radical (unpaired) electrons. The number of methoxy groups -OCH3 is 2. The Morgan fingerprint density at radius 1 is 1.02 bits per heavy atom. The first kappa shape index (κ1) is 44.8. The smallest absolute Gasteiger partial charge is 0.326 e. The van der Waals surface area contributed by atoms with Crippen molar-refractivity contribution < 1.29 is 38.6 Å². The summed E-state index contributed by atoms with van der Waals surface area (Å²) in [6, 6.07) is 6.41. The Morgan fingerprint density at radius 3 is 2.19 bits per heavy atom. The Hall–Kier alpha value is -3.55. The van der Waals surface area contributed by atoms with Crippen LogP contribution in [0.5, 0.6) is 0 Å². The van der Waals surface area contributed by atoms with Crippen LogP contribution >= 0.6 is 0 Å². The molecule has 13 nitrogen and oxygen atoms in total. The summed E-state index contributed by atoms with van der Waals surface area (Å²) in [6.07, 6.45) is 2.87. The summed E-state index contributed by atoms with van der Waals surface area (Å²) in [5.74, 6) is -2.41. The fourth-order valence-corrected chi connectivity index (χ4v) is 7.89. The standard InChI is InChI=1S/C41H67N5O8/c1-11-22-42-40(6,7)38(51)44-33(26(3)4)36(48)45(8)34(27(5)12-2)31(53-9)25-32(47)46-23-16-19-30(46)35(54-10)41(20-21-41)39(52)43-29(37(49)50)24-28-17-14-13-15-18-28/h13-15,17-18,26-27,29-31,33-35,42H,11-12,16,19-25H2,1-10H3,(H,43,52)(H,44,51)(H,49,50)/t27-,29-,30-,31+,33-,34-,35-/m0/s1. The van der Waals surface area contributed by atoms with Gasteiger partial charge in [0.1, 0.15) is 12.1 Å². The highest BCUT2D eigenvalue weighted by atomic mass is 16.5. The van der Waals surface area contributed by atoms with E-state index in [0.29, 0.717) is 32.4 Å². The predicted octanol–water partition coefficient (Wildman–Crippen LogP) is 3.78. The van der Waals surface area contributed by atoms with E-state index in [9.17, 15) is 29.1 Å². The van der Waals surface area contributed by atoms with Crippen molar-refractivity contribution in [3.63, 3.8) is 0 Å². The SMILES string of the molecule is CCCNC(C)(C)C(=O)N[C@H](C(=O)N(C)[C@@H]([C@@H](C)CC)[C@@H](CC(=O)N1CCC[C@H]1[C@H](OC)C1(C(=O)N[C@@H](Cc2ccccc2)C(=O)O)CC1)OC)C(C)C. The number of carboxylic acid groups (broad SMARTS) is 1. The second-order valence-electron chi connectivity index (χ2n) is 16.2. The van der Waals surface area contributed by atoms with Gasteiger partial charge in [0, 0.05) is 34.2 Å². The summed E-state index contributed by atoms with van der Waals surface area (Å²) in [5.41, 5.74) is -1.02. The monoisotopic (exact) mass is 757 g/mol. The number of nitrogens with zero attached hydrogens (tertiary/aromatic N) is 2. The largest absolute Gasteiger partial charge is 0.480 e. The number of benzene rings is 1. The fraction of sp³-hybridized carbons (Fsp3) is 0.732. The first-order valence-electron chi connectivity index (χ1n) is 19.7. The molecular weight excluding hydrogens is 690 g/mol. The van der Waals surface area contributed by atoms with Crippen LogP contribution in [-0.4, -0.2) is 121 Å². The van der Waals surface area contributed by atoms with Crippen LogP contribution in [0.25, 0.3) is 0 Å². The maximum atomic E-state index is 14.3. The number of hydrogen-bond acceptors (Lipinski definition) is 8. The first-order valence-corrected chi connectivity index (χ1v) is 19.7. The molecular formula is C41H67N5O8. The van der Waals surface area contributed by atoms with E-state index in [-0.39, 0.29) is 48.3 Å². The summed E-state index contributed by atoms with van der Waals surface area (Å²) in [5, 5.41) is 19.0. The summed E-state index contributed by atoms with van der Waals surface area (Å²) in [6.45, 7) is 14.6. The number of ether oxygens (including phenoxy) is 2. The molecule has 1 saturated carbocycles. The third-order valence-electron chi connectivity index (χ3n) is 11.6. The van der Waals surface area contributed by atoms with Crippen LogP contribution in [0.2, 0.25) is 0 Å². The van der Waals surface area contributed by atoms with Crippen molar-refractivity contribution in [1.82, 2.24) is 25.8 Å². The zero-order chi connectivity index (χ0) is 40.4. The molecule has 304 valence electrons. The predicted molar refractivity (Wildman–Crippen MR) is 207 cm³/mol. The molecule has 1 saturated heterocycles. The van der Waals surface area contributed by atoms with Crippen LogP contribution in [0.1, 0.15) is 99.0 Å².